The Hall–Kier alpha value is -1.66. The molecule has 0 spiro atoms. The quantitative estimate of drug-likeness (QED) is 0.681. The summed E-state index contributed by atoms with van der Waals surface area (Å²) < 4.78 is 2.18. The van der Waals surface area contributed by atoms with Gasteiger partial charge in [-0.1, -0.05) is 6.92 Å². The van der Waals surface area contributed by atoms with E-state index in [9.17, 15) is 0 Å². The predicted molar refractivity (Wildman–Crippen MR) is 85.1 cm³/mol. The van der Waals surface area contributed by atoms with Crippen LogP contribution in [0.1, 0.15) is 17.6 Å². The van der Waals surface area contributed by atoms with Crippen molar-refractivity contribution >= 4 is 39.0 Å². The largest absolute Gasteiger partial charge is 0.347 e. The molecular weight excluding hydrogens is 306 g/mol. The normalized spacial score (nSPS) is 14.7. The van der Waals surface area contributed by atoms with Crippen LogP contribution in [0.3, 0.4) is 0 Å². The van der Waals surface area contributed by atoms with Gasteiger partial charge in [-0.15, -0.1) is 11.3 Å². The number of halogens is 1. The number of imidazole rings is 1. The Bertz CT molecular complexity index is 809. The van der Waals surface area contributed by atoms with Crippen LogP contribution in [0.15, 0.2) is 18.5 Å². The highest BCUT2D eigenvalue weighted by molar-refractivity contribution is 7.18. The van der Waals surface area contributed by atoms with Crippen LogP contribution in [0.25, 0.3) is 10.2 Å². The van der Waals surface area contributed by atoms with Gasteiger partial charge in [0, 0.05) is 30.4 Å². The molecule has 0 aliphatic carbocycles. The Morgan fingerprint density at radius 2 is 2.24 bits per heavy atom. The first-order chi connectivity index (χ1) is 10.2. The van der Waals surface area contributed by atoms with Crippen LogP contribution < -0.4 is 4.90 Å². The van der Waals surface area contributed by atoms with E-state index < -0.39 is 0 Å². The fourth-order valence-corrected chi connectivity index (χ4v) is 3.88. The summed E-state index contributed by atoms with van der Waals surface area (Å²) in [5.41, 5.74) is 0. The fraction of sp³-hybridized carbons (Fsp3) is 0.357. The van der Waals surface area contributed by atoms with Crippen molar-refractivity contribution in [2.45, 2.75) is 26.4 Å². The summed E-state index contributed by atoms with van der Waals surface area (Å²) in [6.45, 7) is 4.73. The highest BCUT2D eigenvalue weighted by Gasteiger charge is 2.21. The lowest BCUT2D eigenvalue weighted by atomic mass is 10.2. The topological polar surface area (TPSA) is 46.8 Å². The number of anilines is 1. The van der Waals surface area contributed by atoms with Crippen molar-refractivity contribution in [2.24, 2.45) is 0 Å². The van der Waals surface area contributed by atoms with Crippen molar-refractivity contribution in [3.05, 3.63) is 34.4 Å². The second-order valence-corrected chi connectivity index (χ2v) is 6.51. The van der Waals surface area contributed by atoms with Crippen molar-refractivity contribution in [3.63, 3.8) is 0 Å². The highest BCUT2D eigenvalue weighted by atomic mass is 35.5. The number of aromatic nitrogens is 4. The number of aryl methyl sites for hydroxylation is 1. The van der Waals surface area contributed by atoms with E-state index in [-0.39, 0.29) is 0 Å². The molecule has 4 heterocycles. The van der Waals surface area contributed by atoms with E-state index in [4.69, 9.17) is 11.6 Å². The monoisotopic (exact) mass is 319 g/mol. The molecule has 0 aromatic carbocycles. The highest BCUT2D eigenvalue weighted by Crippen LogP contribution is 2.33. The maximum absolute atomic E-state index is 6.11. The zero-order valence-electron chi connectivity index (χ0n) is 11.6. The summed E-state index contributed by atoms with van der Waals surface area (Å²) in [7, 11) is 0. The van der Waals surface area contributed by atoms with E-state index in [1.165, 1.54) is 4.88 Å². The summed E-state index contributed by atoms with van der Waals surface area (Å²) in [5, 5.41) is 1.41. The first kappa shape index (κ1) is 13.0. The maximum atomic E-state index is 6.11. The average Bonchev–Trinajstić information content (AvgIpc) is 3.11. The summed E-state index contributed by atoms with van der Waals surface area (Å²) in [4.78, 5) is 17.8. The molecule has 0 N–H and O–H groups in total. The van der Waals surface area contributed by atoms with Crippen molar-refractivity contribution in [2.75, 3.05) is 11.4 Å². The summed E-state index contributed by atoms with van der Waals surface area (Å²) in [6.07, 6.45) is 4.87. The van der Waals surface area contributed by atoms with Gasteiger partial charge in [0.2, 0.25) is 5.28 Å². The number of hydrogen-bond donors (Lipinski definition) is 0. The molecular formula is C14H14ClN5S. The number of rotatable bonds is 2. The molecule has 5 nitrogen and oxygen atoms in total. The molecule has 108 valence electrons. The third-order valence-electron chi connectivity index (χ3n) is 3.79. The van der Waals surface area contributed by atoms with Gasteiger partial charge in [-0.05, 0) is 24.1 Å². The van der Waals surface area contributed by atoms with Gasteiger partial charge in [0.1, 0.15) is 16.5 Å². The smallest absolute Gasteiger partial charge is 0.225 e. The Morgan fingerprint density at radius 1 is 1.33 bits per heavy atom. The molecule has 21 heavy (non-hydrogen) atoms. The van der Waals surface area contributed by atoms with E-state index in [1.807, 2.05) is 12.4 Å². The molecule has 7 heteroatoms. The second-order valence-electron chi connectivity index (χ2n) is 5.06. The zero-order chi connectivity index (χ0) is 14.4. The fourth-order valence-electron chi connectivity index (χ4n) is 2.70. The van der Waals surface area contributed by atoms with Crippen molar-refractivity contribution in [3.8, 4) is 0 Å². The number of hydrogen-bond acceptors (Lipinski definition) is 5. The molecule has 0 radical (unpaired) electrons. The number of nitrogens with zero attached hydrogens (tertiary/aromatic N) is 5. The molecule has 0 unspecified atom stereocenters. The Labute approximate surface area is 131 Å². The molecule has 0 fully saturated rings. The van der Waals surface area contributed by atoms with Gasteiger partial charge in [-0.2, -0.15) is 4.98 Å². The summed E-state index contributed by atoms with van der Waals surface area (Å²) in [5.74, 6) is 1.99. The van der Waals surface area contributed by atoms with E-state index >= 15 is 0 Å². The number of thiophene rings is 1. The van der Waals surface area contributed by atoms with Crippen LogP contribution in [-0.2, 0) is 19.5 Å². The van der Waals surface area contributed by atoms with Crippen LogP contribution >= 0.6 is 22.9 Å². The van der Waals surface area contributed by atoms with Crippen molar-refractivity contribution < 1.29 is 0 Å². The van der Waals surface area contributed by atoms with Gasteiger partial charge in [0.05, 0.1) is 11.9 Å². The van der Waals surface area contributed by atoms with Gasteiger partial charge in [0.25, 0.3) is 0 Å². The lowest BCUT2D eigenvalue weighted by molar-refractivity contribution is 0.557. The van der Waals surface area contributed by atoms with Gasteiger partial charge in [-0.3, -0.25) is 0 Å². The van der Waals surface area contributed by atoms with E-state index in [0.29, 0.717) is 5.28 Å². The van der Waals surface area contributed by atoms with Crippen molar-refractivity contribution in [1.29, 1.82) is 0 Å². The summed E-state index contributed by atoms with van der Waals surface area (Å²) in [6, 6.07) is 2.19. The molecule has 3 aromatic rings. The second kappa shape index (κ2) is 4.96. The van der Waals surface area contributed by atoms with E-state index in [0.717, 1.165) is 47.9 Å². The molecule has 1 aliphatic heterocycles. The molecule has 0 amide bonds. The number of fused-ring (bicyclic) bond motifs is 2. The molecule has 1 aliphatic rings. The first-order valence-corrected chi connectivity index (χ1v) is 8.15. The third kappa shape index (κ3) is 2.18. The van der Waals surface area contributed by atoms with Gasteiger partial charge >= 0.3 is 0 Å². The Kier molecular flexibility index (Phi) is 3.08. The predicted octanol–water partition coefficient (Wildman–Crippen LogP) is 3.12. The van der Waals surface area contributed by atoms with E-state index in [2.05, 4.69) is 37.4 Å². The zero-order valence-corrected chi connectivity index (χ0v) is 13.2. The standard InChI is InChI=1S/C14H14ClN5S/c1-2-9-7-10-12(17-14(15)18-13(10)21-9)20-6-5-19-4-3-16-11(19)8-20/h3-4,7H,2,5-6,8H2,1H3. The van der Waals surface area contributed by atoms with E-state index in [1.54, 1.807) is 11.3 Å². The lowest BCUT2D eigenvalue weighted by Crippen LogP contribution is -2.34. The lowest BCUT2D eigenvalue weighted by Gasteiger charge is -2.29. The Morgan fingerprint density at radius 3 is 3.10 bits per heavy atom. The van der Waals surface area contributed by atoms with Crippen LogP contribution in [0.5, 0.6) is 0 Å². The van der Waals surface area contributed by atoms with Gasteiger partial charge in [-0.25, -0.2) is 9.97 Å². The van der Waals surface area contributed by atoms with Crippen LogP contribution in [-0.4, -0.2) is 26.1 Å². The van der Waals surface area contributed by atoms with Crippen LogP contribution in [0.4, 0.5) is 5.82 Å². The third-order valence-corrected chi connectivity index (χ3v) is 5.13. The molecule has 4 rings (SSSR count). The SMILES string of the molecule is CCc1cc2c(N3CCn4ccnc4C3)nc(Cl)nc2s1. The van der Waals surface area contributed by atoms with Gasteiger partial charge in [0.15, 0.2) is 0 Å². The Balaban J connectivity index is 1.81. The molecule has 0 bridgehead atoms. The minimum Gasteiger partial charge on any atom is -0.347 e. The minimum absolute atomic E-state index is 0.316. The van der Waals surface area contributed by atoms with Crippen LogP contribution in [0.2, 0.25) is 5.28 Å². The van der Waals surface area contributed by atoms with Crippen LogP contribution in [0, 0.1) is 0 Å². The average molecular weight is 320 g/mol. The first-order valence-electron chi connectivity index (χ1n) is 6.95. The molecule has 0 saturated heterocycles. The molecule has 0 saturated carbocycles. The van der Waals surface area contributed by atoms with Crippen molar-refractivity contribution in [1.82, 2.24) is 19.5 Å². The maximum Gasteiger partial charge on any atom is 0.225 e. The molecule has 3 aromatic heterocycles. The van der Waals surface area contributed by atoms with Gasteiger partial charge < -0.3 is 9.47 Å². The summed E-state index contributed by atoms with van der Waals surface area (Å²) >= 11 is 7.81. The minimum atomic E-state index is 0.316. The molecule has 0 atom stereocenters.